The molecule has 0 aromatic rings. The Kier molecular flexibility index (Phi) is 2.39. The summed E-state index contributed by atoms with van der Waals surface area (Å²) in [5, 5.41) is 0. The maximum Gasteiger partial charge on any atom is 0.136 e. The average Bonchev–Trinajstić information content (AvgIpc) is 2.05. The topological polar surface area (TPSA) is 17.1 Å². The highest BCUT2D eigenvalue weighted by Crippen LogP contribution is 2.70. The van der Waals surface area contributed by atoms with Gasteiger partial charge in [-0.2, -0.15) is 0 Å². The van der Waals surface area contributed by atoms with Crippen LogP contribution in [0.25, 0.3) is 0 Å². The standard InChI is InChI=1S/C18H28O/c1-16-6-13-7-17(2,10-16)12-18(8-13,11-16)9-15(19)14-4-3-5-14/h13-14H,3-12H2,1-2H3. The minimum atomic E-state index is 0.412. The van der Waals surface area contributed by atoms with Gasteiger partial charge >= 0.3 is 0 Å². The highest BCUT2D eigenvalue weighted by molar-refractivity contribution is 5.82. The fourth-order valence-electron chi connectivity index (χ4n) is 7.13. The Morgan fingerprint density at radius 3 is 2.11 bits per heavy atom. The Labute approximate surface area is 117 Å². The van der Waals surface area contributed by atoms with Gasteiger partial charge in [-0.3, -0.25) is 4.79 Å². The molecule has 0 saturated heterocycles. The molecular weight excluding hydrogens is 232 g/mol. The van der Waals surface area contributed by atoms with Crippen LogP contribution in [0.2, 0.25) is 0 Å². The highest BCUT2D eigenvalue weighted by Gasteiger charge is 2.60. The lowest BCUT2D eigenvalue weighted by Crippen LogP contribution is -2.55. The first kappa shape index (κ1) is 12.4. The van der Waals surface area contributed by atoms with E-state index in [9.17, 15) is 4.79 Å². The van der Waals surface area contributed by atoms with Gasteiger partial charge in [0, 0.05) is 12.3 Å². The monoisotopic (exact) mass is 260 g/mol. The Hall–Kier alpha value is -0.330. The molecule has 1 nitrogen and oxygen atoms in total. The molecule has 0 amide bonds. The molecule has 0 heterocycles. The minimum absolute atomic E-state index is 0.412. The zero-order valence-electron chi connectivity index (χ0n) is 12.6. The number of Topliss-reactive ketones (excluding diaryl/α,β-unsaturated/α-hetero) is 1. The normalized spacial score (nSPS) is 52.2. The van der Waals surface area contributed by atoms with Crippen LogP contribution < -0.4 is 0 Å². The lowest BCUT2D eigenvalue weighted by molar-refractivity contribution is -0.157. The first-order valence-electron chi connectivity index (χ1n) is 8.42. The van der Waals surface area contributed by atoms with Gasteiger partial charge in [0.25, 0.3) is 0 Å². The molecule has 5 fully saturated rings. The molecule has 5 aliphatic carbocycles. The number of carbonyl (C=O) groups excluding carboxylic acids is 1. The second-order valence-electron chi connectivity index (χ2n) is 9.40. The van der Waals surface area contributed by atoms with Crippen molar-refractivity contribution in [3.05, 3.63) is 0 Å². The van der Waals surface area contributed by atoms with Crippen molar-refractivity contribution in [1.82, 2.24) is 0 Å². The molecule has 0 spiro atoms. The molecule has 4 bridgehead atoms. The van der Waals surface area contributed by atoms with Crippen LogP contribution in [0.15, 0.2) is 0 Å². The van der Waals surface area contributed by atoms with Crippen molar-refractivity contribution in [2.75, 3.05) is 0 Å². The van der Waals surface area contributed by atoms with E-state index in [-0.39, 0.29) is 0 Å². The van der Waals surface area contributed by atoms with E-state index in [1.54, 1.807) is 0 Å². The van der Waals surface area contributed by atoms with Crippen LogP contribution in [0.1, 0.15) is 78.1 Å². The van der Waals surface area contributed by atoms with Crippen molar-refractivity contribution in [2.45, 2.75) is 78.1 Å². The fraction of sp³-hybridized carbons (Fsp3) is 0.944. The van der Waals surface area contributed by atoms with Gasteiger partial charge in [0.15, 0.2) is 0 Å². The smallest absolute Gasteiger partial charge is 0.136 e. The summed E-state index contributed by atoms with van der Waals surface area (Å²) in [7, 11) is 0. The molecule has 106 valence electrons. The largest absolute Gasteiger partial charge is 0.299 e. The van der Waals surface area contributed by atoms with Crippen LogP contribution in [0.3, 0.4) is 0 Å². The lowest BCUT2D eigenvalue weighted by Gasteiger charge is -2.65. The number of hydrogen-bond donors (Lipinski definition) is 0. The average molecular weight is 260 g/mol. The van der Waals surface area contributed by atoms with E-state index in [4.69, 9.17) is 0 Å². The second-order valence-corrected chi connectivity index (χ2v) is 9.40. The van der Waals surface area contributed by atoms with Gasteiger partial charge in [-0.1, -0.05) is 20.3 Å². The summed E-state index contributed by atoms with van der Waals surface area (Å²) in [4.78, 5) is 12.5. The predicted octanol–water partition coefficient (Wildman–Crippen LogP) is 4.74. The van der Waals surface area contributed by atoms with Gasteiger partial charge in [0.05, 0.1) is 0 Å². The summed E-state index contributed by atoms with van der Waals surface area (Å²) in [5.41, 5.74) is 1.54. The molecule has 5 rings (SSSR count). The Bertz CT molecular complexity index is 401. The molecule has 1 heteroatoms. The Morgan fingerprint density at radius 2 is 1.63 bits per heavy atom. The molecular formula is C18H28O. The third kappa shape index (κ3) is 1.91. The zero-order valence-corrected chi connectivity index (χ0v) is 12.6. The summed E-state index contributed by atoms with van der Waals surface area (Å²) in [6.07, 6.45) is 13.0. The molecule has 0 aliphatic heterocycles. The van der Waals surface area contributed by atoms with E-state index in [0.29, 0.717) is 27.9 Å². The highest BCUT2D eigenvalue weighted by atomic mass is 16.1. The summed E-state index contributed by atoms with van der Waals surface area (Å²) < 4.78 is 0. The van der Waals surface area contributed by atoms with Crippen LogP contribution in [-0.4, -0.2) is 5.78 Å². The van der Waals surface area contributed by atoms with Crippen LogP contribution >= 0.6 is 0 Å². The number of carbonyl (C=O) groups is 1. The van der Waals surface area contributed by atoms with Gasteiger partial charge in [-0.05, 0) is 73.5 Å². The summed E-state index contributed by atoms with van der Waals surface area (Å²) in [5.74, 6) is 2.01. The predicted molar refractivity (Wildman–Crippen MR) is 76.8 cm³/mol. The maximum absolute atomic E-state index is 12.5. The van der Waals surface area contributed by atoms with Crippen LogP contribution in [0.4, 0.5) is 0 Å². The van der Waals surface area contributed by atoms with Crippen molar-refractivity contribution in [3.63, 3.8) is 0 Å². The van der Waals surface area contributed by atoms with Crippen molar-refractivity contribution in [3.8, 4) is 0 Å². The van der Waals surface area contributed by atoms with Gasteiger partial charge in [-0.25, -0.2) is 0 Å². The number of ketones is 1. The summed E-state index contributed by atoms with van der Waals surface area (Å²) in [6.45, 7) is 5.02. The Balaban J connectivity index is 1.58. The summed E-state index contributed by atoms with van der Waals surface area (Å²) >= 11 is 0. The van der Waals surface area contributed by atoms with E-state index in [0.717, 1.165) is 12.3 Å². The molecule has 0 aromatic carbocycles. The molecule has 19 heavy (non-hydrogen) atoms. The lowest BCUT2D eigenvalue weighted by atomic mass is 9.39. The number of hydrogen-bond acceptors (Lipinski definition) is 1. The Morgan fingerprint density at radius 1 is 1.00 bits per heavy atom. The van der Waals surface area contributed by atoms with Crippen LogP contribution in [0.5, 0.6) is 0 Å². The molecule has 5 saturated carbocycles. The maximum atomic E-state index is 12.5. The zero-order chi connectivity index (χ0) is 13.3. The van der Waals surface area contributed by atoms with E-state index >= 15 is 0 Å². The molecule has 2 unspecified atom stereocenters. The molecule has 0 N–H and O–H groups in total. The third-order valence-corrected chi connectivity index (χ3v) is 6.85. The van der Waals surface area contributed by atoms with Gasteiger partial charge in [0.2, 0.25) is 0 Å². The molecule has 0 radical (unpaired) electrons. The van der Waals surface area contributed by atoms with Crippen LogP contribution in [0, 0.1) is 28.1 Å². The first-order chi connectivity index (χ1) is 8.90. The number of rotatable bonds is 3. The molecule has 5 aliphatic rings. The van der Waals surface area contributed by atoms with Gasteiger partial charge in [0.1, 0.15) is 5.78 Å². The second kappa shape index (κ2) is 3.65. The van der Waals surface area contributed by atoms with Crippen molar-refractivity contribution in [1.29, 1.82) is 0 Å². The summed E-state index contributed by atoms with van der Waals surface area (Å²) in [6, 6.07) is 0. The van der Waals surface area contributed by atoms with Crippen molar-refractivity contribution >= 4 is 5.78 Å². The molecule has 0 aromatic heterocycles. The quantitative estimate of drug-likeness (QED) is 0.716. The van der Waals surface area contributed by atoms with Crippen molar-refractivity contribution in [2.24, 2.45) is 28.1 Å². The van der Waals surface area contributed by atoms with E-state index in [2.05, 4.69) is 13.8 Å². The fourth-order valence-corrected chi connectivity index (χ4v) is 7.13. The van der Waals surface area contributed by atoms with Gasteiger partial charge in [-0.15, -0.1) is 0 Å². The van der Waals surface area contributed by atoms with E-state index < -0.39 is 0 Å². The van der Waals surface area contributed by atoms with Gasteiger partial charge < -0.3 is 0 Å². The molecule has 2 atom stereocenters. The van der Waals surface area contributed by atoms with E-state index in [1.165, 1.54) is 57.8 Å². The minimum Gasteiger partial charge on any atom is -0.299 e. The van der Waals surface area contributed by atoms with Crippen molar-refractivity contribution < 1.29 is 4.79 Å². The van der Waals surface area contributed by atoms with Crippen LogP contribution in [-0.2, 0) is 4.79 Å². The third-order valence-electron chi connectivity index (χ3n) is 6.85. The SMILES string of the molecule is CC12CC3CC(C)(C1)CC(CC(=O)C1CCC1)(C3)C2. The first-order valence-corrected chi connectivity index (χ1v) is 8.42. The van der Waals surface area contributed by atoms with E-state index in [1.807, 2.05) is 0 Å².